The number of nitrogens with zero attached hydrogens (tertiary/aromatic N) is 1. The van der Waals surface area contributed by atoms with Crippen LogP contribution in [0.25, 0.3) is 10.9 Å². The van der Waals surface area contributed by atoms with E-state index in [1.807, 2.05) is 0 Å². The number of methoxy groups -OCH3 is 1. The number of hydrogen-bond donors (Lipinski definition) is 1. The Kier molecular flexibility index (Phi) is 2.18. The summed E-state index contributed by atoms with van der Waals surface area (Å²) in [6.45, 7) is 2.36. The zero-order valence-corrected chi connectivity index (χ0v) is 10.8. The molecule has 18 heavy (non-hydrogen) atoms. The predicted octanol–water partition coefficient (Wildman–Crippen LogP) is 1.60. The van der Waals surface area contributed by atoms with Crippen molar-refractivity contribution in [3.63, 3.8) is 0 Å². The van der Waals surface area contributed by atoms with Crippen LogP contribution >= 0.6 is 0 Å². The van der Waals surface area contributed by atoms with Crippen molar-refractivity contribution >= 4 is 10.9 Å². The molecule has 0 saturated carbocycles. The number of nitrogens with two attached hydrogens (primary N) is 1. The fourth-order valence-corrected chi connectivity index (χ4v) is 3.75. The molecule has 0 fully saturated rings. The van der Waals surface area contributed by atoms with E-state index < -0.39 is 0 Å². The minimum absolute atomic E-state index is 0.695. The molecule has 2 N–H and O–H groups in total. The van der Waals surface area contributed by atoms with E-state index in [-0.39, 0.29) is 0 Å². The average molecular weight is 243 g/mol. The monoisotopic (exact) mass is 243 g/mol. The lowest BCUT2D eigenvalue weighted by molar-refractivity contribution is -0.704. The van der Waals surface area contributed by atoms with Crippen LogP contribution in [0.15, 0.2) is 18.2 Å². The van der Waals surface area contributed by atoms with Gasteiger partial charge in [-0.15, -0.1) is 0 Å². The second-order valence-electron chi connectivity index (χ2n) is 5.42. The minimum atomic E-state index is 0.695. The lowest BCUT2D eigenvalue weighted by Gasteiger charge is -2.27. The molecule has 2 heterocycles. The molecule has 3 heteroatoms. The highest BCUT2D eigenvalue weighted by atomic mass is 16.5. The second kappa shape index (κ2) is 3.75. The molecule has 0 bridgehead atoms. The van der Waals surface area contributed by atoms with E-state index in [4.69, 9.17) is 4.74 Å². The third-order valence-electron chi connectivity index (χ3n) is 4.52. The van der Waals surface area contributed by atoms with Gasteiger partial charge in [-0.25, -0.2) is 0 Å². The lowest BCUT2D eigenvalue weighted by atomic mass is 9.91. The zero-order valence-electron chi connectivity index (χ0n) is 10.8. The first-order chi connectivity index (χ1) is 8.88. The van der Waals surface area contributed by atoms with Crippen LogP contribution in [0.3, 0.4) is 0 Å². The Morgan fingerprint density at radius 1 is 1.39 bits per heavy atom. The Morgan fingerprint density at radius 2 is 2.33 bits per heavy atom. The topological polar surface area (TPSA) is 30.8 Å². The van der Waals surface area contributed by atoms with Crippen molar-refractivity contribution in [2.75, 3.05) is 13.7 Å². The number of aryl methyl sites for hydroxylation is 1. The number of rotatable bonds is 1. The molecule has 2 aromatic rings. The molecular weight excluding hydrogens is 224 g/mol. The highest BCUT2D eigenvalue weighted by Gasteiger charge is 2.32. The SMILES string of the molecule is COc1ccc2c(c1)c1c3n2CC[NH2+][C@@H]3CCC1. The van der Waals surface area contributed by atoms with Crippen molar-refractivity contribution in [1.29, 1.82) is 0 Å². The van der Waals surface area contributed by atoms with Gasteiger partial charge in [0.15, 0.2) is 0 Å². The summed E-state index contributed by atoms with van der Waals surface area (Å²) in [5.41, 5.74) is 4.58. The number of hydrogen-bond acceptors (Lipinski definition) is 1. The Hall–Kier alpha value is -1.48. The van der Waals surface area contributed by atoms with Crippen LogP contribution in [0.5, 0.6) is 5.75 Å². The predicted molar refractivity (Wildman–Crippen MR) is 71.0 cm³/mol. The Labute approximate surface area is 107 Å². The van der Waals surface area contributed by atoms with Gasteiger partial charge in [-0.2, -0.15) is 0 Å². The fraction of sp³-hybridized carbons (Fsp3) is 0.467. The Balaban J connectivity index is 2.05. The van der Waals surface area contributed by atoms with Gasteiger partial charge in [0.2, 0.25) is 0 Å². The second-order valence-corrected chi connectivity index (χ2v) is 5.42. The van der Waals surface area contributed by atoms with Gasteiger partial charge in [-0.05, 0) is 36.6 Å². The first-order valence-electron chi connectivity index (χ1n) is 6.91. The van der Waals surface area contributed by atoms with Gasteiger partial charge in [0.25, 0.3) is 0 Å². The zero-order chi connectivity index (χ0) is 12.1. The van der Waals surface area contributed by atoms with Gasteiger partial charge in [0, 0.05) is 17.3 Å². The summed E-state index contributed by atoms with van der Waals surface area (Å²) >= 11 is 0. The highest BCUT2D eigenvalue weighted by molar-refractivity contribution is 5.87. The molecular formula is C15H19N2O+. The van der Waals surface area contributed by atoms with Gasteiger partial charge >= 0.3 is 0 Å². The third-order valence-corrected chi connectivity index (χ3v) is 4.52. The van der Waals surface area contributed by atoms with E-state index in [0.717, 1.165) is 12.3 Å². The van der Waals surface area contributed by atoms with Crippen LogP contribution in [0, 0.1) is 0 Å². The molecule has 3 nitrogen and oxygen atoms in total. The summed E-state index contributed by atoms with van der Waals surface area (Å²) in [4.78, 5) is 0. The summed E-state index contributed by atoms with van der Waals surface area (Å²) in [5, 5.41) is 3.94. The molecule has 0 saturated heterocycles. The van der Waals surface area contributed by atoms with Crippen LogP contribution in [-0.2, 0) is 13.0 Å². The molecule has 0 radical (unpaired) electrons. The van der Waals surface area contributed by atoms with Crippen molar-refractivity contribution in [3.8, 4) is 5.75 Å². The number of aromatic nitrogens is 1. The maximum atomic E-state index is 5.38. The van der Waals surface area contributed by atoms with Crippen LogP contribution in [0.2, 0.25) is 0 Å². The standard InChI is InChI=1S/C15H18N2O/c1-18-10-5-6-14-12(9-10)11-3-2-4-13-15(11)17(14)8-7-16-13/h5-6,9,13,16H,2-4,7-8H2,1H3/p+1/t13-/m1/s1. The molecule has 2 aliphatic rings. The third kappa shape index (κ3) is 1.28. The molecule has 1 aromatic heterocycles. The molecule has 4 rings (SSSR count). The number of benzene rings is 1. The average Bonchev–Trinajstić information content (AvgIpc) is 2.76. The maximum absolute atomic E-state index is 5.38. The van der Waals surface area contributed by atoms with Crippen molar-refractivity contribution in [2.45, 2.75) is 31.8 Å². The molecule has 0 spiro atoms. The van der Waals surface area contributed by atoms with Gasteiger partial charge in [-0.1, -0.05) is 0 Å². The molecule has 1 aliphatic heterocycles. The van der Waals surface area contributed by atoms with Crippen molar-refractivity contribution in [3.05, 3.63) is 29.5 Å². The molecule has 94 valence electrons. The van der Waals surface area contributed by atoms with Crippen LogP contribution in [0.4, 0.5) is 0 Å². The van der Waals surface area contributed by atoms with Crippen LogP contribution in [-0.4, -0.2) is 18.2 Å². The van der Waals surface area contributed by atoms with E-state index in [0.29, 0.717) is 6.04 Å². The van der Waals surface area contributed by atoms with E-state index in [2.05, 4.69) is 28.1 Å². The lowest BCUT2D eigenvalue weighted by Crippen LogP contribution is -2.88. The molecule has 1 atom stereocenters. The normalized spacial score (nSPS) is 21.9. The van der Waals surface area contributed by atoms with E-state index in [1.54, 1.807) is 18.4 Å². The van der Waals surface area contributed by atoms with Crippen molar-refractivity contribution in [1.82, 2.24) is 4.57 Å². The van der Waals surface area contributed by atoms with Gasteiger partial charge < -0.3 is 14.6 Å². The van der Waals surface area contributed by atoms with E-state index >= 15 is 0 Å². The summed E-state index contributed by atoms with van der Waals surface area (Å²) in [6, 6.07) is 7.23. The first-order valence-corrected chi connectivity index (χ1v) is 6.91. The largest absolute Gasteiger partial charge is 0.497 e. The fourth-order valence-electron chi connectivity index (χ4n) is 3.75. The maximum Gasteiger partial charge on any atom is 0.127 e. The summed E-state index contributed by atoms with van der Waals surface area (Å²) in [5.74, 6) is 0.979. The Bertz CT molecular complexity index is 612. The number of fused-ring (bicyclic) bond motifs is 3. The first kappa shape index (κ1) is 10.4. The molecule has 0 amide bonds. The quantitative estimate of drug-likeness (QED) is 0.810. The summed E-state index contributed by atoms with van der Waals surface area (Å²) in [7, 11) is 1.75. The summed E-state index contributed by atoms with van der Waals surface area (Å²) < 4.78 is 7.93. The molecule has 1 aliphatic carbocycles. The van der Waals surface area contributed by atoms with Crippen molar-refractivity contribution in [2.24, 2.45) is 0 Å². The summed E-state index contributed by atoms with van der Waals surface area (Å²) in [6.07, 6.45) is 3.89. The minimum Gasteiger partial charge on any atom is -0.497 e. The molecule has 0 unspecified atom stereocenters. The van der Waals surface area contributed by atoms with Gasteiger partial charge in [0.1, 0.15) is 11.8 Å². The number of quaternary nitrogens is 1. The van der Waals surface area contributed by atoms with Gasteiger partial charge in [-0.3, -0.25) is 0 Å². The van der Waals surface area contributed by atoms with Gasteiger partial charge in [0.05, 0.1) is 25.9 Å². The van der Waals surface area contributed by atoms with Crippen LogP contribution < -0.4 is 10.1 Å². The molecule has 1 aromatic carbocycles. The van der Waals surface area contributed by atoms with Crippen LogP contribution in [0.1, 0.15) is 30.1 Å². The van der Waals surface area contributed by atoms with Crippen molar-refractivity contribution < 1.29 is 10.1 Å². The Morgan fingerprint density at radius 3 is 3.22 bits per heavy atom. The highest BCUT2D eigenvalue weighted by Crippen LogP contribution is 2.38. The number of ether oxygens (including phenoxy) is 1. The smallest absolute Gasteiger partial charge is 0.127 e. The van der Waals surface area contributed by atoms with E-state index in [1.165, 1.54) is 36.7 Å². The van der Waals surface area contributed by atoms with E-state index in [9.17, 15) is 0 Å².